The molecule has 2 aromatic rings. The van der Waals surface area contributed by atoms with E-state index in [1.165, 1.54) is 5.56 Å². The number of piperidine rings is 1. The third-order valence-corrected chi connectivity index (χ3v) is 4.56. The molecule has 1 aliphatic rings. The summed E-state index contributed by atoms with van der Waals surface area (Å²) < 4.78 is 0. The van der Waals surface area contributed by atoms with Crippen molar-refractivity contribution in [1.82, 2.24) is 15.2 Å². The van der Waals surface area contributed by atoms with Gasteiger partial charge < -0.3 is 5.32 Å². The molecule has 1 aromatic carbocycles. The van der Waals surface area contributed by atoms with Crippen molar-refractivity contribution in [3.05, 3.63) is 65.5 Å². The van der Waals surface area contributed by atoms with Crippen LogP contribution in [0.15, 0.2) is 48.7 Å². The highest BCUT2D eigenvalue weighted by Gasteiger charge is 2.25. The summed E-state index contributed by atoms with van der Waals surface area (Å²) in [5.41, 5.74) is 3.35. The number of rotatable bonds is 5. The zero-order valence-electron chi connectivity index (χ0n) is 14.2. The summed E-state index contributed by atoms with van der Waals surface area (Å²) in [5, 5.41) is 3.07. The minimum Gasteiger partial charge on any atom is -0.352 e. The second-order valence-corrected chi connectivity index (χ2v) is 6.59. The van der Waals surface area contributed by atoms with Gasteiger partial charge in [0.25, 0.3) is 0 Å². The number of aryl methyl sites for hydroxylation is 1. The summed E-state index contributed by atoms with van der Waals surface area (Å²) in [7, 11) is 0. The Balaban J connectivity index is 1.50. The van der Waals surface area contributed by atoms with E-state index >= 15 is 0 Å². The first kappa shape index (κ1) is 16.7. The number of amides is 1. The number of carbonyl (C=O) groups is 1. The third-order valence-electron chi connectivity index (χ3n) is 4.56. The molecule has 1 N–H and O–H groups in total. The second-order valence-electron chi connectivity index (χ2n) is 6.59. The van der Waals surface area contributed by atoms with E-state index in [9.17, 15) is 4.79 Å². The Morgan fingerprint density at radius 1 is 1.21 bits per heavy atom. The SMILES string of the molecule is Cc1ccc(CNC(=O)[C@H]2CCCN(Cc3ccccc3)C2)cn1. The van der Waals surface area contributed by atoms with Crippen molar-refractivity contribution in [3.8, 4) is 0 Å². The molecule has 126 valence electrons. The summed E-state index contributed by atoms with van der Waals surface area (Å²) in [6.45, 7) is 5.35. The predicted molar refractivity (Wildman–Crippen MR) is 95.3 cm³/mol. The van der Waals surface area contributed by atoms with E-state index in [4.69, 9.17) is 0 Å². The molecule has 0 saturated carbocycles. The average molecular weight is 323 g/mol. The van der Waals surface area contributed by atoms with Crippen LogP contribution in [0.1, 0.15) is 29.7 Å². The largest absolute Gasteiger partial charge is 0.352 e. The monoisotopic (exact) mass is 323 g/mol. The number of carbonyl (C=O) groups excluding carboxylic acids is 1. The van der Waals surface area contributed by atoms with E-state index in [0.29, 0.717) is 6.54 Å². The molecule has 0 radical (unpaired) electrons. The molecule has 0 bridgehead atoms. The van der Waals surface area contributed by atoms with Gasteiger partial charge in [0.15, 0.2) is 0 Å². The van der Waals surface area contributed by atoms with Gasteiger partial charge in [-0.15, -0.1) is 0 Å². The van der Waals surface area contributed by atoms with Gasteiger partial charge in [-0.3, -0.25) is 14.7 Å². The molecule has 1 atom stereocenters. The molecule has 3 rings (SSSR count). The van der Waals surface area contributed by atoms with Gasteiger partial charge in [0.2, 0.25) is 5.91 Å². The Hall–Kier alpha value is -2.20. The van der Waals surface area contributed by atoms with E-state index in [2.05, 4.69) is 39.5 Å². The van der Waals surface area contributed by atoms with Crippen molar-refractivity contribution in [3.63, 3.8) is 0 Å². The Morgan fingerprint density at radius 2 is 2.04 bits per heavy atom. The van der Waals surface area contributed by atoms with Gasteiger partial charge in [0, 0.05) is 31.5 Å². The standard InChI is InChI=1S/C20H25N3O/c1-16-9-10-18(12-21-16)13-22-20(24)19-8-5-11-23(15-19)14-17-6-3-2-4-7-17/h2-4,6-7,9-10,12,19H,5,8,11,13-15H2,1H3,(H,22,24)/t19-/m0/s1. The number of likely N-dealkylation sites (tertiary alicyclic amines) is 1. The van der Waals surface area contributed by atoms with E-state index < -0.39 is 0 Å². The van der Waals surface area contributed by atoms with Crippen molar-refractivity contribution in [2.75, 3.05) is 13.1 Å². The lowest BCUT2D eigenvalue weighted by Crippen LogP contribution is -2.42. The van der Waals surface area contributed by atoms with Gasteiger partial charge in [0.05, 0.1) is 5.92 Å². The molecule has 4 heteroatoms. The van der Waals surface area contributed by atoms with Crippen molar-refractivity contribution < 1.29 is 4.79 Å². The van der Waals surface area contributed by atoms with Gasteiger partial charge in [-0.25, -0.2) is 0 Å². The number of nitrogens with one attached hydrogen (secondary N) is 1. The van der Waals surface area contributed by atoms with Crippen LogP contribution in [0.3, 0.4) is 0 Å². The Labute approximate surface area is 143 Å². The summed E-state index contributed by atoms with van der Waals surface area (Å²) >= 11 is 0. The fourth-order valence-electron chi connectivity index (χ4n) is 3.19. The molecule has 1 fully saturated rings. The molecule has 1 amide bonds. The zero-order valence-corrected chi connectivity index (χ0v) is 14.2. The molecular weight excluding hydrogens is 298 g/mol. The highest BCUT2D eigenvalue weighted by atomic mass is 16.1. The summed E-state index contributed by atoms with van der Waals surface area (Å²) in [6, 6.07) is 14.5. The Morgan fingerprint density at radius 3 is 2.79 bits per heavy atom. The molecule has 0 aliphatic carbocycles. The molecule has 1 aromatic heterocycles. The van der Waals surface area contributed by atoms with Crippen molar-refractivity contribution >= 4 is 5.91 Å². The summed E-state index contributed by atoms with van der Waals surface area (Å²) in [4.78, 5) is 19.1. The molecule has 2 heterocycles. The number of nitrogens with zero attached hydrogens (tertiary/aromatic N) is 2. The first-order chi connectivity index (χ1) is 11.7. The van der Waals surface area contributed by atoms with Gasteiger partial charge in [-0.2, -0.15) is 0 Å². The normalized spacial score (nSPS) is 18.3. The maximum Gasteiger partial charge on any atom is 0.224 e. The zero-order chi connectivity index (χ0) is 16.8. The van der Waals surface area contributed by atoms with E-state index in [-0.39, 0.29) is 11.8 Å². The highest BCUT2D eigenvalue weighted by Crippen LogP contribution is 2.19. The number of aromatic nitrogens is 1. The molecule has 1 aliphatic heterocycles. The smallest absolute Gasteiger partial charge is 0.224 e. The summed E-state index contributed by atoms with van der Waals surface area (Å²) in [5.74, 6) is 0.245. The predicted octanol–water partition coefficient (Wildman–Crippen LogP) is 2.92. The van der Waals surface area contributed by atoms with E-state index in [1.54, 1.807) is 0 Å². The first-order valence-electron chi connectivity index (χ1n) is 8.66. The molecule has 1 saturated heterocycles. The fraction of sp³-hybridized carbons (Fsp3) is 0.400. The minimum atomic E-state index is 0.0841. The fourth-order valence-corrected chi connectivity index (χ4v) is 3.19. The number of pyridine rings is 1. The van der Waals surface area contributed by atoms with Gasteiger partial charge in [0.1, 0.15) is 0 Å². The van der Waals surface area contributed by atoms with Crippen molar-refractivity contribution in [2.24, 2.45) is 5.92 Å². The Kier molecular flexibility index (Phi) is 5.59. The summed E-state index contributed by atoms with van der Waals surface area (Å²) in [6.07, 6.45) is 3.89. The van der Waals surface area contributed by atoms with Gasteiger partial charge >= 0.3 is 0 Å². The lowest BCUT2D eigenvalue weighted by Gasteiger charge is -2.32. The average Bonchev–Trinajstić information content (AvgIpc) is 2.62. The van der Waals surface area contributed by atoms with Crippen LogP contribution in [0.4, 0.5) is 0 Å². The lowest BCUT2D eigenvalue weighted by atomic mass is 9.96. The second kappa shape index (κ2) is 8.06. The van der Waals surface area contributed by atoms with Gasteiger partial charge in [-0.05, 0) is 43.5 Å². The minimum absolute atomic E-state index is 0.0841. The number of benzene rings is 1. The van der Waals surface area contributed by atoms with Crippen molar-refractivity contribution in [2.45, 2.75) is 32.9 Å². The first-order valence-corrected chi connectivity index (χ1v) is 8.66. The molecule has 24 heavy (non-hydrogen) atoms. The number of hydrogen-bond acceptors (Lipinski definition) is 3. The third kappa shape index (κ3) is 4.65. The molecule has 4 nitrogen and oxygen atoms in total. The van der Waals surface area contributed by atoms with Crippen LogP contribution in [0.25, 0.3) is 0 Å². The van der Waals surface area contributed by atoms with Crippen LogP contribution in [-0.4, -0.2) is 28.9 Å². The maximum absolute atomic E-state index is 12.5. The van der Waals surface area contributed by atoms with Crippen LogP contribution in [0.2, 0.25) is 0 Å². The molecular formula is C20H25N3O. The van der Waals surface area contributed by atoms with Crippen LogP contribution in [0, 0.1) is 12.8 Å². The number of hydrogen-bond donors (Lipinski definition) is 1. The van der Waals surface area contributed by atoms with Crippen LogP contribution in [-0.2, 0) is 17.9 Å². The quantitative estimate of drug-likeness (QED) is 0.920. The topological polar surface area (TPSA) is 45.2 Å². The van der Waals surface area contributed by atoms with Crippen molar-refractivity contribution in [1.29, 1.82) is 0 Å². The molecule has 0 spiro atoms. The molecule has 0 unspecified atom stereocenters. The highest BCUT2D eigenvalue weighted by molar-refractivity contribution is 5.78. The van der Waals surface area contributed by atoms with Crippen LogP contribution < -0.4 is 5.32 Å². The maximum atomic E-state index is 12.5. The van der Waals surface area contributed by atoms with Gasteiger partial charge in [-0.1, -0.05) is 36.4 Å². The lowest BCUT2D eigenvalue weighted by molar-refractivity contribution is -0.126. The van der Waals surface area contributed by atoms with Crippen LogP contribution >= 0.6 is 0 Å². The van der Waals surface area contributed by atoms with Crippen LogP contribution in [0.5, 0.6) is 0 Å². The van der Waals surface area contributed by atoms with E-state index in [0.717, 1.165) is 43.7 Å². The van der Waals surface area contributed by atoms with E-state index in [1.807, 2.05) is 31.3 Å². The Bertz CT molecular complexity index is 654.